The molecule has 0 unspecified atom stereocenters. The van der Waals surface area contributed by atoms with Crippen molar-refractivity contribution in [3.8, 4) is 0 Å². The van der Waals surface area contributed by atoms with Crippen molar-refractivity contribution in [2.45, 2.75) is 0 Å². The number of nitrogens with one attached hydrogen (secondary N) is 2. The van der Waals surface area contributed by atoms with Gasteiger partial charge in [0.15, 0.2) is 0 Å². The van der Waals surface area contributed by atoms with E-state index in [9.17, 15) is 14.4 Å². The number of carbonyl (C=O) groups is 3. The Morgan fingerprint density at radius 2 is 1.68 bits per heavy atom. The minimum absolute atomic E-state index is 0.454. The Bertz CT molecular complexity index is 537. The normalized spacial score (nSPS) is 10.2. The van der Waals surface area contributed by atoms with Crippen molar-refractivity contribution >= 4 is 55.5 Å². The third-order valence-electron chi connectivity index (χ3n) is 1.82. The van der Waals surface area contributed by atoms with Crippen molar-refractivity contribution in [1.82, 2.24) is 5.32 Å². The largest absolute Gasteiger partial charge is 0.478 e. The number of para-hydroxylation sites is 1. The van der Waals surface area contributed by atoms with E-state index in [4.69, 9.17) is 5.11 Å². The van der Waals surface area contributed by atoms with Crippen LogP contribution in [0.5, 0.6) is 0 Å². The molecule has 0 spiro atoms. The monoisotopic (exact) mass is 390 g/mol. The van der Waals surface area contributed by atoms with Gasteiger partial charge in [-0.25, -0.2) is 9.59 Å². The molecule has 100 valence electrons. The highest BCUT2D eigenvalue weighted by molar-refractivity contribution is 9.11. The first kappa shape index (κ1) is 15.4. The molecule has 0 atom stereocenters. The summed E-state index contributed by atoms with van der Waals surface area (Å²) in [5.74, 6) is -2.10. The Hall–Kier alpha value is -1.67. The third kappa shape index (κ3) is 5.23. The minimum atomic E-state index is -1.27. The Balaban J connectivity index is 2.66. The topological polar surface area (TPSA) is 95.5 Å². The fraction of sp³-hybridized carbons (Fsp3) is 0. The first-order chi connectivity index (χ1) is 8.90. The van der Waals surface area contributed by atoms with Crippen LogP contribution in [0, 0.1) is 0 Å². The van der Waals surface area contributed by atoms with Gasteiger partial charge in [-0.1, -0.05) is 6.07 Å². The number of urea groups is 1. The van der Waals surface area contributed by atoms with Crippen LogP contribution in [0.2, 0.25) is 0 Å². The molecule has 0 radical (unpaired) electrons. The van der Waals surface area contributed by atoms with Crippen LogP contribution in [0.4, 0.5) is 10.5 Å². The van der Waals surface area contributed by atoms with E-state index in [1.165, 1.54) is 0 Å². The summed E-state index contributed by atoms with van der Waals surface area (Å²) in [6.07, 6.45) is 1.38. The number of aliphatic carboxylic acids is 1. The smallest absolute Gasteiger partial charge is 0.328 e. The lowest BCUT2D eigenvalue weighted by molar-refractivity contribution is -0.131. The number of carbonyl (C=O) groups excluding carboxylic acids is 2. The van der Waals surface area contributed by atoms with Gasteiger partial charge in [0.1, 0.15) is 0 Å². The molecule has 0 aliphatic rings. The molecule has 0 aliphatic heterocycles. The number of carboxylic acids is 1. The Kier molecular flexibility index (Phi) is 5.71. The van der Waals surface area contributed by atoms with Crippen LogP contribution < -0.4 is 10.6 Å². The number of rotatable bonds is 3. The van der Waals surface area contributed by atoms with Gasteiger partial charge in [0, 0.05) is 21.1 Å². The quantitative estimate of drug-likeness (QED) is 0.689. The number of hydrogen-bond donors (Lipinski definition) is 3. The molecule has 1 aromatic carbocycles. The fourth-order valence-electron chi connectivity index (χ4n) is 1.06. The summed E-state index contributed by atoms with van der Waals surface area (Å²) < 4.78 is 1.26. The van der Waals surface area contributed by atoms with Crippen LogP contribution in [0.15, 0.2) is 39.3 Å². The van der Waals surface area contributed by atoms with Gasteiger partial charge in [0.05, 0.1) is 5.69 Å². The molecule has 1 aromatic rings. The highest BCUT2D eigenvalue weighted by atomic mass is 79.9. The predicted octanol–water partition coefficient (Wildman–Crippen LogP) is 2.50. The number of amides is 3. The Morgan fingerprint density at radius 1 is 1.11 bits per heavy atom. The summed E-state index contributed by atoms with van der Waals surface area (Å²) in [5.41, 5.74) is 0.454. The molecule has 0 heterocycles. The number of halogens is 2. The van der Waals surface area contributed by atoms with Crippen molar-refractivity contribution in [3.63, 3.8) is 0 Å². The molecule has 0 saturated carbocycles. The van der Waals surface area contributed by atoms with Crippen molar-refractivity contribution < 1.29 is 19.5 Å². The molecule has 0 saturated heterocycles. The number of benzene rings is 1. The molecule has 0 fully saturated rings. The van der Waals surface area contributed by atoms with Gasteiger partial charge in [-0.05, 0) is 44.0 Å². The van der Waals surface area contributed by atoms with E-state index in [0.29, 0.717) is 20.7 Å². The number of hydrogen-bond acceptors (Lipinski definition) is 3. The SMILES string of the molecule is O=C(O)/C=C/C(=O)NC(=O)Nc1c(Br)cccc1Br. The second kappa shape index (κ2) is 7.05. The van der Waals surface area contributed by atoms with Gasteiger partial charge in [0.2, 0.25) is 0 Å². The average molecular weight is 392 g/mol. The summed E-state index contributed by atoms with van der Waals surface area (Å²) in [5, 5.41) is 12.7. The van der Waals surface area contributed by atoms with Crippen LogP contribution >= 0.6 is 31.9 Å². The van der Waals surface area contributed by atoms with Gasteiger partial charge in [-0.2, -0.15) is 0 Å². The van der Waals surface area contributed by atoms with Crippen LogP contribution in [0.25, 0.3) is 0 Å². The van der Waals surface area contributed by atoms with Crippen LogP contribution in [0.1, 0.15) is 0 Å². The predicted molar refractivity (Wildman–Crippen MR) is 75.8 cm³/mol. The van der Waals surface area contributed by atoms with E-state index in [2.05, 4.69) is 37.2 Å². The molecule has 0 aromatic heterocycles. The third-order valence-corrected chi connectivity index (χ3v) is 3.14. The summed E-state index contributed by atoms with van der Waals surface area (Å²) in [7, 11) is 0. The van der Waals surface area contributed by atoms with E-state index in [0.717, 1.165) is 6.08 Å². The molecule has 0 aliphatic carbocycles. The van der Waals surface area contributed by atoms with E-state index >= 15 is 0 Å². The fourth-order valence-corrected chi connectivity index (χ4v) is 2.26. The maximum absolute atomic E-state index is 11.5. The zero-order valence-electron chi connectivity index (χ0n) is 9.31. The zero-order chi connectivity index (χ0) is 14.4. The van der Waals surface area contributed by atoms with Gasteiger partial charge in [-0.3, -0.25) is 10.1 Å². The second-order valence-corrected chi connectivity index (χ2v) is 4.92. The minimum Gasteiger partial charge on any atom is -0.478 e. The molecule has 0 bridgehead atoms. The summed E-state index contributed by atoms with van der Waals surface area (Å²) in [6.45, 7) is 0. The lowest BCUT2D eigenvalue weighted by atomic mass is 10.3. The molecule has 3 amide bonds. The van der Waals surface area contributed by atoms with Gasteiger partial charge < -0.3 is 10.4 Å². The van der Waals surface area contributed by atoms with E-state index in [-0.39, 0.29) is 0 Å². The first-order valence-corrected chi connectivity index (χ1v) is 6.45. The van der Waals surface area contributed by atoms with Gasteiger partial charge >= 0.3 is 12.0 Å². The van der Waals surface area contributed by atoms with Crippen molar-refractivity contribution in [2.75, 3.05) is 5.32 Å². The van der Waals surface area contributed by atoms with Gasteiger partial charge in [0.25, 0.3) is 5.91 Å². The van der Waals surface area contributed by atoms with Crippen molar-refractivity contribution in [2.24, 2.45) is 0 Å². The Labute approximate surface area is 125 Å². The summed E-state index contributed by atoms with van der Waals surface area (Å²) in [4.78, 5) is 32.9. The molecular weight excluding hydrogens is 384 g/mol. The van der Waals surface area contributed by atoms with Crippen LogP contribution in [-0.4, -0.2) is 23.0 Å². The molecule has 6 nitrogen and oxygen atoms in total. The zero-order valence-corrected chi connectivity index (χ0v) is 12.5. The van der Waals surface area contributed by atoms with Crippen molar-refractivity contribution in [1.29, 1.82) is 0 Å². The summed E-state index contributed by atoms with van der Waals surface area (Å²) in [6, 6.07) is 4.42. The molecule has 1 rings (SSSR count). The van der Waals surface area contributed by atoms with E-state index in [1.54, 1.807) is 18.2 Å². The highest BCUT2D eigenvalue weighted by Crippen LogP contribution is 2.30. The lowest BCUT2D eigenvalue weighted by Gasteiger charge is -2.09. The molecule has 19 heavy (non-hydrogen) atoms. The maximum atomic E-state index is 11.5. The lowest BCUT2D eigenvalue weighted by Crippen LogP contribution is -2.33. The maximum Gasteiger partial charge on any atom is 0.328 e. The van der Waals surface area contributed by atoms with Gasteiger partial charge in [-0.15, -0.1) is 0 Å². The highest BCUT2D eigenvalue weighted by Gasteiger charge is 2.10. The number of anilines is 1. The average Bonchev–Trinajstić information content (AvgIpc) is 2.31. The molecule has 8 heteroatoms. The standard InChI is InChI=1S/C11H8Br2N2O4/c12-6-2-1-3-7(13)10(6)15-11(19)14-8(16)4-5-9(17)18/h1-5H,(H,17,18)(H2,14,15,16,19)/b5-4+. The van der Waals surface area contributed by atoms with E-state index in [1.807, 2.05) is 5.32 Å². The van der Waals surface area contributed by atoms with Crippen molar-refractivity contribution in [3.05, 3.63) is 39.3 Å². The molecule has 3 N–H and O–H groups in total. The number of carboxylic acid groups (broad SMARTS) is 1. The Morgan fingerprint density at radius 3 is 2.21 bits per heavy atom. The van der Waals surface area contributed by atoms with E-state index < -0.39 is 17.9 Å². The second-order valence-electron chi connectivity index (χ2n) is 3.21. The molecular formula is C11H8Br2N2O4. The summed E-state index contributed by atoms with van der Waals surface area (Å²) >= 11 is 6.48. The van der Waals surface area contributed by atoms with Crippen LogP contribution in [-0.2, 0) is 9.59 Å². The first-order valence-electron chi connectivity index (χ1n) is 4.87. The van der Waals surface area contributed by atoms with Crippen LogP contribution in [0.3, 0.4) is 0 Å². The number of imide groups is 1.